The zero-order chi connectivity index (χ0) is 13.0. The smallest absolute Gasteiger partial charge is 0.269 e. The van der Waals surface area contributed by atoms with Gasteiger partial charge in [-0.05, 0) is 34.1 Å². The third-order valence-electron chi connectivity index (χ3n) is 2.54. The van der Waals surface area contributed by atoms with Crippen molar-refractivity contribution >= 4 is 21.8 Å². The molecule has 0 radical (unpaired) electrons. The van der Waals surface area contributed by atoms with E-state index < -0.39 is 0 Å². The normalized spacial score (nSPS) is 10.3. The number of aromatic nitrogens is 3. The van der Waals surface area contributed by atoms with E-state index in [-0.39, 0.29) is 5.91 Å². The minimum absolute atomic E-state index is 0.168. The summed E-state index contributed by atoms with van der Waals surface area (Å²) in [6.07, 6.45) is 2.49. The number of halogens is 1. The third-order valence-corrected chi connectivity index (χ3v) is 2.98. The molecular weight excluding hydrogens is 296 g/mol. The number of nitrogens with zero attached hydrogens (tertiary/aromatic N) is 3. The zero-order valence-electron chi connectivity index (χ0n) is 9.93. The summed E-state index contributed by atoms with van der Waals surface area (Å²) in [5.41, 5.74) is 1.49. The average molecular weight is 309 g/mol. The van der Waals surface area contributed by atoms with Crippen LogP contribution >= 0.6 is 15.9 Å². The van der Waals surface area contributed by atoms with E-state index >= 15 is 0 Å². The lowest BCUT2D eigenvalue weighted by Gasteiger charge is -2.05. The largest absolute Gasteiger partial charge is 0.350 e. The number of rotatable bonds is 4. The quantitative estimate of drug-likeness (QED) is 0.872. The molecule has 0 aliphatic heterocycles. The highest BCUT2D eigenvalue weighted by molar-refractivity contribution is 9.10. The molecule has 0 aliphatic carbocycles. The van der Waals surface area contributed by atoms with Crippen LogP contribution in [-0.4, -0.2) is 27.2 Å². The van der Waals surface area contributed by atoms with Gasteiger partial charge in [0, 0.05) is 31.9 Å². The van der Waals surface area contributed by atoms with Gasteiger partial charge in [0.2, 0.25) is 0 Å². The molecule has 0 fully saturated rings. The lowest BCUT2D eigenvalue weighted by molar-refractivity contribution is 0.0949. The Morgan fingerprint density at radius 2 is 2.28 bits per heavy atom. The minimum atomic E-state index is -0.168. The Morgan fingerprint density at radius 1 is 1.44 bits per heavy atom. The van der Waals surface area contributed by atoms with Crippen molar-refractivity contribution in [2.45, 2.75) is 6.42 Å². The van der Waals surface area contributed by atoms with E-state index in [4.69, 9.17) is 0 Å². The van der Waals surface area contributed by atoms with Crippen LogP contribution in [0.3, 0.4) is 0 Å². The summed E-state index contributed by atoms with van der Waals surface area (Å²) in [6.45, 7) is 0.562. The second kappa shape index (κ2) is 5.77. The fraction of sp³-hybridized carbons (Fsp3) is 0.250. The molecule has 2 aromatic heterocycles. The molecule has 0 unspecified atom stereocenters. The molecule has 1 amide bonds. The topological polar surface area (TPSA) is 59.8 Å². The molecule has 0 aliphatic rings. The molecule has 0 saturated carbocycles. The van der Waals surface area contributed by atoms with E-state index in [0.717, 1.165) is 12.1 Å². The van der Waals surface area contributed by atoms with E-state index in [0.29, 0.717) is 16.8 Å². The van der Waals surface area contributed by atoms with Crippen LogP contribution in [0.1, 0.15) is 16.2 Å². The van der Waals surface area contributed by atoms with Crippen LogP contribution < -0.4 is 5.32 Å². The van der Waals surface area contributed by atoms with Gasteiger partial charge in [-0.1, -0.05) is 6.07 Å². The zero-order valence-corrected chi connectivity index (χ0v) is 11.5. The predicted octanol–water partition coefficient (Wildman–Crippen LogP) is 1.55. The first-order valence-corrected chi connectivity index (χ1v) is 6.34. The Hall–Kier alpha value is -1.69. The minimum Gasteiger partial charge on any atom is -0.350 e. The number of amides is 1. The molecule has 0 atom stereocenters. The van der Waals surface area contributed by atoms with Gasteiger partial charge in [-0.2, -0.15) is 5.10 Å². The molecule has 2 heterocycles. The van der Waals surface area contributed by atoms with E-state index in [1.807, 2.05) is 13.1 Å². The summed E-state index contributed by atoms with van der Waals surface area (Å²) in [7, 11) is 1.88. The first-order valence-electron chi connectivity index (χ1n) is 5.54. The number of carbonyl (C=O) groups is 1. The van der Waals surface area contributed by atoms with Crippen LogP contribution in [0, 0.1) is 0 Å². The molecular formula is C12H13BrN4O. The van der Waals surface area contributed by atoms with Crippen molar-refractivity contribution in [3.8, 4) is 0 Å². The molecule has 2 rings (SSSR count). The lowest BCUT2D eigenvalue weighted by Crippen LogP contribution is -2.27. The monoisotopic (exact) mass is 308 g/mol. The van der Waals surface area contributed by atoms with Crippen molar-refractivity contribution in [1.29, 1.82) is 0 Å². The van der Waals surface area contributed by atoms with Crippen molar-refractivity contribution in [3.63, 3.8) is 0 Å². The van der Waals surface area contributed by atoms with Gasteiger partial charge >= 0.3 is 0 Å². The first-order chi connectivity index (χ1) is 8.66. The van der Waals surface area contributed by atoms with Gasteiger partial charge in [0.05, 0.1) is 0 Å². The van der Waals surface area contributed by atoms with Crippen molar-refractivity contribution in [2.75, 3.05) is 6.54 Å². The highest BCUT2D eigenvalue weighted by Gasteiger charge is 2.07. The van der Waals surface area contributed by atoms with Crippen LogP contribution in [0.25, 0.3) is 0 Å². The molecule has 18 heavy (non-hydrogen) atoms. The molecule has 0 aromatic carbocycles. The summed E-state index contributed by atoms with van der Waals surface area (Å²) in [5, 5.41) is 6.90. The van der Waals surface area contributed by atoms with E-state index in [1.54, 1.807) is 29.1 Å². The van der Waals surface area contributed by atoms with Gasteiger partial charge in [0.25, 0.3) is 5.91 Å². The molecule has 0 spiro atoms. The maximum absolute atomic E-state index is 11.8. The molecule has 0 bridgehead atoms. The summed E-state index contributed by atoms with van der Waals surface area (Å²) in [5.74, 6) is -0.168. The van der Waals surface area contributed by atoms with Gasteiger partial charge in [-0.15, -0.1) is 0 Å². The van der Waals surface area contributed by atoms with E-state index in [2.05, 4.69) is 31.3 Å². The van der Waals surface area contributed by atoms with Crippen molar-refractivity contribution in [1.82, 2.24) is 20.1 Å². The standard InChI is InChI=1S/C12H13BrN4O/c1-17-9(6-8-15-17)5-7-14-12(18)10-3-2-4-11(13)16-10/h2-4,6,8H,5,7H2,1H3,(H,14,18). The average Bonchev–Trinajstić information content (AvgIpc) is 2.75. The first kappa shape index (κ1) is 12.8. The number of hydrogen-bond donors (Lipinski definition) is 1. The summed E-state index contributed by atoms with van der Waals surface area (Å²) >= 11 is 3.24. The van der Waals surface area contributed by atoms with Crippen molar-refractivity contribution in [3.05, 3.63) is 46.5 Å². The second-order valence-electron chi connectivity index (χ2n) is 3.80. The fourth-order valence-corrected chi connectivity index (χ4v) is 1.92. The highest BCUT2D eigenvalue weighted by atomic mass is 79.9. The summed E-state index contributed by atoms with van der Waals surface area (Å²) in [4.78, 5) is 15.9. The molecule has 2 aromatic rings. The third kappa shape index (κ3) is 3.16. The summed E-state index contributed by atoms with van der Waals surface area (Å²) in [6, 6.07) is 7.19. The van der Waals surface area contributed by atoms with Gasteiger partial charge < -0.3 is 5.32 Å². The number of pyridine rings is 1. The van der Waals surface area contributed by atoms with Crippen LogP contribution in [0.5, 0.6) is 0 Å². The van der Waals surface area contributed by atoms with Crippen molar-refractivity contribution in [2.24, 2.45) is 7.05 Å². The Bertz CT molecular complexity index is 553. The summed E-state index contributed by atoms with van der Waals surface area (Å²) < 4.78 is 2.45. The van der Waals surface area contributed by atoms with Gasteiger partial charge in [-0.3, -0.25) is 9.48 Å². The van der Waals surface area contributed by atoms with Crippen LogP contribution in [0.2, 0.25) is 0 Å². The van der Waals surface area contributed by atoms with Crippen LogP contribution in [0.15, 0.2) is 35.1 Å². The Labute approximate surface area is 113 Å². The second-order valence-corrected chi connectivity index (χ2v) is 4.61. The Balaban J connectivity index is 1.87. The highest BCUT2D eigenvalue weighted by Crippen LogP contribution is 2.06. The van der Waals surface area contributed by atoms with Crippen LogP contribution in [-0.2, 0) is 13.5 Å². The number of aryl methyl sites for hydroxylation is 1. The van der Waals surface area contributed by atoms with Gasteiger partial charge in [0.1, 0.15) is 10.3 Å². The fourth-order valence-electron chi connectivity index (χ4n) is 1.58. The number of hydrogen-bond acceptors (Lipinski definition) is 3. The SMILES string of the molecule is Cn1nccc1CCNC(=O)c1cccc(Br)n1. The number of nitrogens with one attached hydrogen (secondary N) is 1. The maximum atomic E-state index is 11.8. The molecule has 5 nitrogen and oxygen atoms in total. The van der Waals surface area contributed by atoms with Gasteiger partial charge in [-0.25, -0.2) is 4.98 Å². The Kier molecular flexibility index (Phi) is 4.09. The molecule has 6 heteroatoms. The predicted molar refractivity (Wildman–Crippen MR) is 71.2 cm³/mol. The van der Waals surface area contributed by atoms with Gasteiger partial charge in [0.15, 0.2) is 0 Å². The molecule has 94 valence electrons. The van der Waals surface area contributed by atoms with E-state index in [1.165, 1.54) is 0 Å². The van der Waals surface area contributed by atoms with E-state index in [9.17, 15) is 4.79 Å². The van der Waals surface area contributed by atoms with Crippen molar-refractivity contribution < 1.29 is 4.79 Å². The molecule has 1 N–H and O–H groups in total. The number of carbonyl (C=O) groups excluding carboxylic acids is 1. The maximum Gasteiger partial charge on any atom is 0.269 e. The lowest BCUT2D eigenvalue weighted by atomic mass is 10.3. The Morgan fingerprint density at radius 3 is 2.94 bits per heavy atom. The van der Waals surface area contributed by atoms with Crippen LogP contribution in [0.4, 0.5) is 0 Å². The molecule has 0 saturated heterocycles.